The van der Waals surface area contributed by atoms with Crippen molar-refractivity contribution in [2.75, 3.05) is 17.7 Å². The van der Waals surface area contributed by atoms with Gasteiger partial charge in [0.2, 0.25) is 0 Å². The third-order valence-corrected chi connectivity index (χ3v) is 3.38. The number of carbonyl (C=O) groups is 1. The Kier molecular flexibility index (Phi) is 7.66. The fourth-order valence-corrected chi connectivity index (χ4v) is 2.30. The van der Waals surface area contributed by atoms with Crippen LogP contribution in [0.25, 0.3) is 0 Å². The van der Waals surface area contributed by atoms with E-state index in [4.69, 9.17) is 5.73 Å². The molecule has 6 heteroatoms. The Hall–Kier alpha value is -0.390. The number of halogens is 2. The summed E-state index contributed by atoms with van der Waals surface area (Å²) < 4.78 is 0.874. The predicted octanol–water partition coefficient (Wildman–Crippen LogP) is 2.93. The molecule has 1 rings (SSSR count). The molecule has 1 atom stereocenters. The largest absolute Gasteiger partial charge is 0.398 e. The zero-order chi connectivity index (χ0) is 12.1. The number of nitrogens with one attached hydrogen (secondary N) is 1. The molecule has 3 N–H and O–H groups in total. The highest BCUT2D eigenvalue weighted by Gasteiger charge is 2.12. The molecular weight excluding hydrogens is 324 g/mol. The second kappa shape index (κ2) is 7.84. The SMILES string of the molecule is CSCC(C)NC(=O)c1ccc(Br)cc1N.Cl. The van der Waals surface area contributed by atoms with Crippen molar-refractivity contribution in [1.29, 1.82) is 0 Å². The van der Waals surface area contributed by atoms with Crippen LogP contribution in [0.15, 0.2) is 22.7 Å². The summed E-state index contributed by atoms with van der Waals surface area (Å²) in [4.78, 5) is 11.8. The Morgan fingerprint density at radius 3 is 2.76 bits per heavy atom. The second-order valence-electron chi connectivity index (χ2n) is 3.56. The number of carbonyl (C=O) groups excluding carboxylic acids is 1. The Labute approximate surface area is 120 Å². The molecule has 1 unspecified atom stereocenters. The van der Waals surface area contributed by atoms with Gasteiger partial charge in [0.05, 0.1) is 5.56 Å². The average Bonchev–Trinajstić information content (AvgIpc) is 2.17. The molecule has 0 saturated carbocycles. The van der Waals surface area contributed by atoms with E-state index in [2.05, 4.69) is 21.2 Å². The summed E-state index contributed by atoms with van der Waals surface area (Å²) in [7, 11) is 0. The molecule has 1 aromatic rings. The van der Waals surface area contributed by atoms with Crippen LogP contribution in [0.4, 0.5) is 5.69 Å². The Bertz CT molecular complexity index is 390. The molecule has 0 spiro atoms. The maximum absolute atomic E-state index is 11.8. The molecule has 0 saturated heterocycles. The first kappa shape index (κ1) is 16.6. The maximum atomic E-state index is 11.8. The van der Waals surface area contributed by atoms with Crippen molar-refractivity contribution in [2.45, 2.75) is 13.0 Å². The number of hydrogen-bond acceptors (Lipinski definition) is 3. The zero-order valence-corrected chi connectivity index (χ0v) is 12.9. The van der Waals surface area contributed by atoms with E-state index in [1.807, 2.05) is 19.2 Å². The minimum absolute atomic E-state index is 0. The van der Waals surface area contributed by atoms with E-state index in [0.29, 0.717) is 11.3 Å². The average molecular weight is 340 g/mol. The number of anilines is 1. The molecule has 0 radical (unpaired) electrons. The van der Waals surface area contributed by atoms with Crippen molar-refractivity contribution in [1.82, 2.24) is 5.32 Å². The monoisotopic (exact) mass is 338 g/mol. The molecule has 0 fully saturated rings. The van der Waals surface area contributed by atoms with E-state index in [0.717, 1.165) is 10.2 Å². The first-order valence-electron chi connectivity index (χ1n) is 4.89. The lowest BCUT2D eigenvalue weighted by Gasteiger charge is -2.13. The third-order valence-electron chi connectivity index (χ3n) is 2.05. The highest BCUT2D eigenvalue weighted by atomic mass is 79.9. The molecule has 0 aliphatic carbocycles. The van der Waals surface area contributed by atoms with Crippen LogP contribution in [0.2, 0.25) is 0 Å². The van der Waals surface area contributed by atoms with E-state index < -0.39 is 0 Å². The lowest BCUT2D eigenvalue weighted by molar-refractivity contribution is 0.0944. The van der Waals surface area contributed by atoms with E-state index in [9.17, 15) is 4.79 Å². The van der Waals surface area contributed by atoms with E-state index in [1.165, 1.54) is 0 Å². The molecule has 0 aromatic heterocycles. The lowest BCUT2D eigenvalue weighted by atomic mass is 10.1. The predicted molar refractivity (Wildman–Crippen MR) is 81.1 cm³/mol. The molecule has 1 aromatic carbocycles. The summed E-state index contributed by atoms with van der Waals surface area (Å²) in [6.45, 7) is 1.98. The van der Waals surface area contributed by atoms with Gasteiger partial charge in [0, 0.05) is 22.0 Å². The molecule has 0 bridgehead atoms. The number of benzene rings is 1. The molecule has 17 heavy (non-hydrogen) atoms. The summed E-state index contributed by atoms with van der Waals surface area (Å²) in [5.74, 6) is 0.772. The zero-order valence-electron chi connectivity index (χ0n) is 9.70. The van der Waals surface area contributed by atoms with Crippen molar-refractivity contribution in [2.24, 2.45) is 0 Å². The van der Waals surface area contributed by atoms with Gasteiger partial charge in [-0.2, -0.15) is 11.8 Å². The summed E-state index contributed by atoms with van der Waals surface area (Å²) in [6.07, 6.45) is 2.01. The number of thioether (sulfide) groups is 1. The van der Waals surface area contributed by atoms with Crippen LogP contribution in [0, 0.1) is 0 Å². The maximum Gasteiger partial charge on any atom is 0.253 e. The van der Waals surface area contributed by atoms with Crippen LogP contribution in [-0.4, -0.2) is 24.0 Å². The number of nitrogens with two attached hydrogens (primary N) is 1. The summed E-state index contributed by atoms with van der Waals surface area (Å²) in [6, 6.07) is 5.41. The van der Waals surface area contributed by atoms with E-state index >= 15 is 0 Å². The van der Waals surface area contributed by atoms with Crippen molar-refractivity contribution in [3.05, 3.63) is 28.2 Å². The molecular formula is C11H16BrClN2OS. The van der Waals surface area contributed by atoms with Gasteiger partial charge in [-0.3, -0.25) is 4.79 Å². The molecule has 3 nitrogen and oxygen atoms in total. The van der Waals surface area contributed by atoms with Crippen molar-refractivity contribution in [3.8, 4) is 0 Å². The van der Waals surface area contributed by atoms with Gasteiger partial charge in [-0.15, -0.1) is 12.4 Å². The summed E-state index contributed by atoms with van der Waals surface area (Å²) in [5.41, 5.74) is 6.79. The van der Waals surface area contributed by atoms with Crippen molar-refractivity contribution in [3.63, 3.8) is 0 Å². The Morgan fingerprint density at radius 2 is 2.24 bits per heavy atom. The minimum Gasteiger partial charge on any atom is -0.398 e. The number of rotatable bonds is 4. The first-order valence-corrected chi connectivity index (χ1v) is 7.08. The fraction of sp³-hybridized carbons (Fsp3) is 0.364. The smallest absolute Gasteiger partial charge is 0.253 e. The lowest BCUT2D eigenvalue weighted by Crippen LogP contribution is -2.34. The van der Waals surface area contributed by atoms with E-state index in [-0.39, 0.29) is 24.4 Å². The normalized spacial score (nSPS) is 11.5. The quantitative estimate of drug-likeness (QED) is 0.829. The minimum atomic E-state index is -0.119. The van der Waals surface area contributed by atoms with Gasteiger partial charge in [-0.1, -0.05) is 15.9 Å². The Balaban J connectivity index is 0.00000256. The van der Waals surface area contributed by atoms with Crippen LogP contribution >= 0.6 is 40.1 Å². The number of hydrogen-bond donors (Lipinski definition) is 2. The topological polar surface area (TPSA) is 55.1 Å². The summed E-state index contributed by atoms with van der Waals surface area (Å²) >= 11 is 5.01. The number of nitrogen functional groups attached to an aromatic ring is 1. The summed E-state index contributed by atoms with van der Waals surface area (Å²) in [5, 5.41) is 2.90. The van der Waals surface area contributed by atoms with Gasteiger partial charge >= 0.3 is 0 Å². The third kappa shape index (κ3) is 5.19. The van der Waals surface area contributed by atoms with Gasteiger partial charge in [0.25, 0.3) is 5.91 Å². The highest BCUT2D eigenvalue weighted by Crippen LogP contribution is 2.18. The van der Waals surface area contributed by atoms with Gasteiger partial charge < -0.3 is 11.1 Å². The van der Waals surface area contributed by atoms with Gasteiger partial charge in [-0.05, 0) is 31.4 Å². The fourth-order valence-electron chi connectivity index (χ4n) is 1.33. The van der Waals surface area contributed by atoms with Gasteiger partial charge in [0.1, 0.15) is 0 Å². The molecule has 1 amide bonds. The van der Waals surface area contributed by atoms with Crippen LogP contribution < -0.4 is 11.1 Å². The number of amides is 1. The van der Waals surface area contributed by atoms with E-state index in [1.54, 1.807) is 23.9 Å². The van der Waals surface area contributed by atoms with Crippen molar-refractivity contribution >= 4 is 51.7 Å². The molecule has 0 aliphatic heterocycles. The van der Waals surface area contributed by atoms with Crippen LogP contribution in [0.5, 0.6) is 0 Å². The second-order valence-corrected chi connectivity index (χ2v) is 5.39. The first-order chi connectivity index (χ1) is 7.54. The van der Waals surface area contributed by atoms with Crippen LogP contribution in [0.3, 0.4) is 0 Å². The van der Waals surface area contributed by atoms with Crippen LogP contribution in [-0.2, 0) is 0 Å². The van der Waals surface area contributed by atoms with Crippen molar-refractivity contribution < 1.29 is 4.79 Å². The molecule has 0 aliphatic rings. The molecule has 0 heterocycles. The van der Waals surface area contributed by atoms with Gasteiger partial charge in [0.15, 0.2) is 0 Å². The molecule has 96 valence electrons. The Morgan fingerprint density at radius 1 is 1.59 bits per heavy atom. The highest BCUT2D eigenvalue weighted by molar-refractivity contribution is 9.10. The standard InChI is InChI=1S/C11H15BrN2OS.ClH/c1-7(6-16-2)14-11(15)9-4-3-8(12)5-10(9)13;/h3-5,7H,6,13H2,1-2H3,(H,14,15);1H. The van der Waals surface area contributed by atoms with Gasteiger partial charge in [-0.25, -0.2) is 0 Å². The van der Waals surface area contributed by atoms with Crippen LogP contribution in [0.1, 0.15) is 17.3 Å².